The van der Waals surface area contributed by atoms with Gasteiger partial charge in [0.25, 0.3) is 11.5 Å². The lowest BCUT2D eigenvalue weighted by Gasteiger charge is -2.04. The molecule has 0 spiro atoms. The molecular weight excluding hydrogens is 352 g/mol. The normalized spacial score (nSPS) is 13.4. The van der Waals surface area contributed by atoms with Gasteiger partial charge in [-0.2, -0.15) is 5.10 Å². The number of hydrogen-bond acceptors (Lipinski definition) is 6. The van der Waals surface area contributed by atoms with Crippen LogP contribution in [0.4, 0.5) is 0 Å². The molecule has 0 radical (unpaired) electrons. The monoisotopic (exact) mass is 368 g/mol. The van der Waals surface area contributed by atoms with E-state index >= 15 is 0 Å². The molecule has 132 valence electrons. The van der Waals surface area contributed by atoms with Crippen LogP contribution in [0.1, 0.15) is 22.4 Å². The first-order valence-electron chi connectivity index (χ1n) is 8.22. The van der Waals surface area contributed by atoms with Gasteiger partial charge in [0.2, 0.25) is 0 Å². The van der Waals surface area contributed by atoms with E-state index in [1.54, 1.807) is 29.5 Å². The molecule has 0 fully saturated rings. The molecule has 1 aliphatic rings. The summed E-state index contributed by atoms with van der Waals surface area (Å²) in [4.78, 5) is 31.1. The van der Waals surface area contributed by atoms with Crippen molar-refractivity contribution < 1.29 is 9.90 Å². The molecule has 0 saturated heterocycles. The number of benzene rings is 1. The fourth-order valence-electron chi connectivity index (χ4n) is 3.11. The van der Waals surface area contributed by atoms with Crippen LogP contribution < -0.4 is 11.0 Å². The molecule has 2 heterocycles. The number of fused-ring (bicyclic) bond motifs is 3. The zero-order valence-corrected chi connectivity index (χ0v) is 14.6. The summed E-state index contributed by atoms with van der Waals surface area (Å²) in [5.74, 6) is -0.300. The summed E-state index contributed by atoms with van der Waals surface area (Å²) < 4.78 is 1.31. The number of carbonyl (C=O) groups is 1. The van der Waals surface area contributed by atoms with Crippen molar-refractivity contribution in [1.29, 1.82) is 0 Å². The van der Waals surface area contributed by atoms with Crippen molar-refractivity contribution in [2.45, 2.75) is 25.8 Å². The maximum atomic E-state index is 12.7. The van der Waals surface area contributed by atoms with Gasteiger partial charge in [0.05, 0.1) is 17.9 Å². The van der Waals surface area contributed by atoms with E-state index in [-0.39, 0.29) is 17.9 Å². The number of amides is 1. The average Bonchev–Trinajstić information content (AvgIpc) is 3.18. The SMILES string of the molecule is O=C(Cn1cnc2sc3c(c2c1=O)CCC3)N/N=C/c1cccc(O)c1. The van der Waals surface area contributed by atoms with Crippen molar-refractivity contribution in [3.63, 3.8) is 0 Å². The minimum absolute atomic E-state index is 0.120. The molecule has 0 bridgehead atoms. The molecule has 1 aliphatic carbocycles. The first kappa shape index (κ1) is 16.5. The van der Waals surface area contributed by atoms with Crippen LogP contribution in [0.5, 0.6) is 5.75 Å². The third kappa shape index (κ3) is 3.11. The highest BCUT2D eigenvalue weighted by Crippen LogP contribution is 2.34. The molecule has 4 rings (SSSR count). The van der Waals surface area contributed by atoms with E-state index in [0.29, 0.717) is 10.9 Å². The topological polar surface area (TPSA) is 96.6 Å². The summed E-state index contributed by atoms with van der Waals surface area (Å²) in [5, 5.41) is 13.9. The molecule has 0 saturated carbocycles. The Morgan fingerprint density at radius 1 is 1.42 bits per heavy atom. The van der Waals surface area contributed by atoms with Crippen LogP contribution in [0.15, 0.2) is 40.5 Å². The second kappa shape index (κ2) is 6.72. The maximum Gasteiger partial charge on any atom is 0.262 e. The van der Waals surface area contributed by atoms with Gasteiger partial charge >= 0.3 is 0 Å². The van der Waals surface area contributed by atoms with Gasteiger partial charge in [0.1, 0.15) is 17.1 Å². The lowest BCUT2D eigenvalue weighted by Crippen LogP contribution is -2.30. The number of hydrogen-bond donors (Lipinski definition) is 2. The van der Waals surface area contributed by atoms with Crippen molar-refractivity contribution in [2.24, 2.45) is 5.10 Å². The number of carbonyl (C=O) groups excluding carboxylic acids is 1. The lowest BCUT2D eigenvalue weighted by atomic mass is 10.2. The minimum Gasteiger partial charge on any atom is -0.508 e. The third-order valence-corrected chi connectivity index (χ3v) is 5.48. The quantitative estimate of drug-likeness (QED) is 0.542. The van der Waals surface area contributed by atoms with Crippen LogP contribution in [-0.2, 0) is 24.2 Å². The fourth-order valence-corrected chi connectivity index (χ4v) is 4.33. The van der Waals surface area contributed by atoms with E-state index in [0.717, 1.165) is 29.7 Å². The number of phenolic OH excluding ortho intramolecular Hbond substituents is 1. The standard InChI is InChI=1S/C18H16N4O3S/c23-12-4-1-3-11(7-12)8-20-21-15(24)9-22-10-19-17-16(18(22)25)13-5-2-6-14(13)26-17/h1,3-4,7-8,10,23H,2,5-6,9H2,(H,21,24)/b20-8+. The Kier molecular flexibility index (Phi) is 4.26. The maximum absolute atomic E-state index is 12.7. The molecule has 26 heavy (non-hydrogen) atoms. The zero-order chi connectivity index (χ0) is 18.1. The number of aromatic nitrogens is 2. The van der Waals surface area contributed by atoms with Crippen LogP contribution in [-0.4, -0.2) is 26.8 Å². The molecule has 0 aliphatic heterocycles. The molecule has 3 aromatic rings. The number of phenols is 1. The van der Waals surface area contributed by atoms with Gasteiger partial charge in [-0.05, 0) is 42.5 Å². The van der Waals surface area contributed by atoms with E-state index in [1.165, 1.54) is 28.1 Å². The van der Waals surface area contributed by atoms with E-state index in [1.807, 2.05) is 0 Å². The molecule has 7 nitrogen and oxygen atoms in total. The number of hydrazone groups is 1. The third-order valence-electron chi connectivity index (χ3n) is 4.28. The second-order valence-corrected chi connectivity index (χ2v) is 7.19. The van der Waals surface area contributed by atoms with Crippen molar-refractivity contribution >= 4 is 33.7 Å². The molecule has 1 aromatic carbocycles. The minimum atomic E-state index is -0.420. The lowest BCUT2D eigenvalue weighted by molar-refractivity contribution is -0.121. The van der Waals surface area contributed by atoms with Gasteiger partial charge in [-0.3, -0.25) is 14.2 Å². The van der Waals surface area contributed by atoms with Crippen molar-refractivity contribution in [2.75, 3.05) is 0 Å². The average molecular weight is 368 g/mol. The Labute approximate surface area is 152 Å². The first-order valence-corrected chi connectivity index (χ1v) is 9.04. The van der Waals surface area contributed by atoms with E-state index in [2.05, 4.69) is 15.5 Å². The number of nitrogens with zero attached hydrogens (tertiary/aromatic N) is 3. The summed E-state index contributed by atoms with van der Waals surface area (Å²) >= 11 is 1.57. The molecule has 8 heteroatoms. The molecule has 1 amide bonds. The van der Waals surface area contributed by atoms with Gasteiger partial charge in [0.15, 0.2) is 0 Å². The van der Waals surface area contributed by atoms with Gasteiger partial charge in [-0.25, -0.2) is 10.4 Å². The van der Waals surface area contributed by atoms with Crippen LogP contribution in [0.2, 0.25) is 0 Å². The van der Waals surface area contributed by atoms with Crippen molar-refractivity contribution in [3.8, 4) is 5.75 Å². The highest BCUT2D eigenvalue weighted by atomic mass is 32.1. The summed E-state index contributed by atoms with van der Waals surface area (Å²) in [6, 6.07) is 6.49. The van der Waals surface area contributed by atoms with Gasteiger partial charge in [-0.15, -0.1) is 11.3 Å². The number of rotatable bonds is 4. The predicted molar refractivity (Wildman–Crippen MR) is 99.7 cm³/mol. The molecule has 0 atom stereocenters. The van der Waals surface area contributed by atoms with Crippen LogP contribution >= 0.6 is 11.3 Å². The Balaban J connectivity index is 1.49. The summed E-state index contributed by atoms with van der Waals surface area (Å²) in [6.45, 7) is -0.149. The van der Waals surface area contributed by atoms with Gasteiger partial charge in [0, 0.05) is 4.88 Å². The Hall–Kier alpha value is -3.00. The predicted octanol–water partition coefficient (Wildman–Crippen LogP) is 1.80. The van der Waals surface area contributed by atoms with E-state index in [4.69, 9.17) is 0 Å². The Morgan fingerprint density at radius 3 is 3.15 bits per heavy atom. The Morgan fingerprint density at radius 2 is 2.31 bits per heavy atom. The zero-order valence-electron chi connectivity index (χ0n) is 13.8. The smallest absolute Gasteiger partial charge is 0.262 e. The molecule has 2 aromatic heterocycles. The number of nitrogens with one attached hydrogen (secondary N) is 1. The van der Waals surface area contributed by atoms with Gasteiger partial charge < -0.3 is 5.11 Å². The molecular formula is C18H16N4O3S. The Bertz CT molecular complexity index is 1080. The van der Waals surface area contributed by atoms with Gasteiger partial charge in [-0.1, -0.05) is 12.1 Å². The van der Waals surface area contributed by atoms with Crippen LogP contribution in [0.3, 0.4) is 0 Å². The number of aromatic hydroxyl groups is 1. The summed E-state index contributed by atoms with van der Waals surface area (Å²) in [5.41, 5.74) is 3.95. The van der Waals surface area contributed by atoms with E-state index < -0.39 is 5.91 Å². The van der Waals surface area contributed by atoms with Crippen molar-refractivity contribution in [3.05, 3.63) is 57.0 Å². The summed E-state index contributed by atoms with van der Waals surface area (Å²) in [7, 11) is 0. The number of aryl methyl sites for hydroxylation is 2. The molecule has 0 unspecified atom stereocenters. The fraction of sp³-hybridized carbons (Fsp3) is 0.222. The van der Waals surface area contributed by atoms with Crippen LogP contribution in [0.25, 0.3) is 10.2 Å². The van der Waals surface area contributed by atoms with E-state index in [9.17, 15) is 14.7 Å². The highest BCUT2D eigenvalue weighted by molar-refractivity contribution is 7.18. The second-order valence-electron chi connectivity index (χ2n) is 6.10. The van der Waals surface area contributed by atoms with Crippen LogP contribution in [0, 0.1) is 0 Å². The molecule has 2 N–H and O–H groups in total. The summed E-state index contributed by atoms with van der Waals surface area (Å²) in [6.07, 6.45) is 5.80. The largest absolute Gasteiger partial charge is 0.508 e. The highest BCUT2D eigenvalue weighted by Gasteiger charge is 2.21. The number of thiophene rings is 1. The van der Waals surface area contributed by atoms with Crippen molar-refractivity contribution in [1.82, 2.24) is 15.0 Å². The first-order chi connectivity index (χ1) is 12.6.